The molecule has 0 saturated carbocycles. The summed E-state index contributed by atoms with van der Waals surface area (Å²) in [5, 5.41) is 0.847. The van der Waals surface area contributed by atoms with Crippen LogP contribution in [0.3, 0.4) is 0 Å². The number of carbonyl (C=O) groups excluding carboxylic acids is 1. The van der Waals surface area contributed by atoms with Gasteiger partial charge < -0.3 is 13.9 Å². The predicted octanol–water partition coefficient (Wildman–Crippen LogP) is 3.59. The van der Waals surface area contributed by atoms with Crippen molar-refractivity contribution in [1.82, 2.24) is 0 Å². The van der Waals surface area contributed by atoms with Crippen molar-refractivity contribution in [1.29, 1.82) is 0 Å². The largest absolute Gasteiger partial charge is 0.464 e. The predicted molar refractivity (Wildman–Crippen MR) is 79.5 cm³/mol. The van der Waals surface area contributed by atoms with Crippen molar-refractivity contribution in [2.24, 2.45) is 0 Å². The summed E-state index contributed by atoms with van der Waals surface area (Å²) in [5.41, 5.74) is 1.33. The third-order valence-corrected chi connectivity index (χ3v) is 3.89. The molecule has 2 aromatic rings. The van der Waals surface area contributed by atoms with E-state index in [9.17, 15) is 4.79 Å². The number of ketones is 1. The highest BCUT2D eigenvalue weighted by Gasteiger charge is 2.26. The van der Waals surface area contributed by atoms with Gasteiger partial charge in [-0.25, -0.2) is 0 Å². The van der Waals surface area contributed by atoms with Gasteiger partial charge >= 0.3 is 0 Å². The minimum Gasteiger partial charge on any atom is -0.464 e. The Kier molecular flexibility index (Phi) is 4.08. The molecule has 1 fully saturated rings. The minimum atomic E-state index is -0.0354. The van der Waals surface area contributed by atoms with Gasteiger partial charge in [0.15, 0.2) is 5.78 Å². The summed E-state index contributed by atoms with van der Waals surface area (Å²) in [5.74, 6) is -0.0354. The Hall–Kier alpha value is -1.65. The van der Waals surface area contributed by atoms with E-state index in [0.29, 0.717) is 5.56 Å². The molecule has 0 aliphatic carbocycles. The number of rotatable bonds is 4. The molecule has 2 heterocycles. The first-order valence-corrected chi connectivity index (χ1v) is 7.40. The second-order valence-corrected chi connectivity index (χ2v) is 5.73. The molecular weight excluding hydrogens is 268 g/mol. The second-order valence-electron chi connectivity index (χ2n) is 5.73. The minimum absolute atomic E-state index is 0.0354. The van der Waals surface area contributed by atoms with Gasteiger partial charge in [-0.1, -0.05) is 18.2 Å². The second kappa shape index (κ2) is 6.00. The Bertz CT molecular complexity index is 621. The molecule has 0 amide bonds. The molecular formula is C17H20O4. The van der Waals surface area contributed by atoms with Crippen LogP contribution in [0.1, 0.15) is 37.0 Å². The fourth-order valence-electron chi connectivity index (χ4n) is 2.95. The van der Waals surface area contributed by atoms with Gasteiger partial charge in [0, 0.05) is 5.39 Å². The summed E-state index contributed by atoms with van der Waals surface area (Å²) in [4.78, 5) is 12.3. The van der Waals surface area contributed by atoms with Crippen LogP contribution in [0.5, 0.6) is 0 Å². The number of fused-ring (bicyclic) bond motifs is 1. The van der Waals surface area contributed by atoms with Crippen molar-refractivity contribution < 1.29 is 18.7 Å². The summed E-state index contributed by atoms with van der Waals surface area (Å²) in [6.45, 7) is 4.17. The highest BCUT2D eigenvalue weighted by atomic mass is 16.5. The van der Waals surface area contributed by atoms with Crippen LogP contribution in [0.25, 0.3) is 11.0 Å². The highest BCUT2D eigenvalue weighted by molar-refractivity contribution is 6.07. The summed E-state index contributed by atoms with van der Waals surface area (Å²) in [6.07, 6.45) is 3.65. The number of benzene rings is 1. The first-order chi connectivity index (χ1) is 10.1. The maximum Gasteiger partial charge on any atom is 0.192 e. The molecule has 21 heavy (non-hydrogen) atoms. The van der Waals surface area contributed by atoms with Gasteiger partial charge in [0.1, 0.15) is 18.5 Å². The molecule has 0 radical (unpaired) electrons. The zero-order valence-electron chi connectivity index (χ0n) is 12.4. The van der Waals surface area contributed by atoms with Crippen molar-refractivity contribution in [2.75, 3.05) is 6.61 Å². The molecule has 1 aliphatic rings. The fraction of sp³-hybridized carbons (Fsp3) is 0.471. The van der Waals surface area contributed by atoms with Gasteiger partial charge in [-0.3, -0.25) is 4.79 Å². The number of hydrogen-bond acceptors (Lipinski definition) is 4. The van der Waals surface area contributed by atoms with Gasteiger partial charge in [0.25, 0.3) is 0 Å². The molecule has 0 bridgehead atoms. The first kappa shape index (κ1) is 14.3. The highest BCUT2D eigenvalue weighted by Crippen LogP contribution is 2.24. The van der Waals surface area contributed by atoms with E-state index in [-0.39, 0.29) is 30.7 Å². The number of ether oxygens (including phenoxy) is 2. The Morgan fingerprint density at radius 2 is 1.95 bits per heavy atom. The van der Waals surface area contributed by atoms with Gasteiger partial charge in [-0.2, -0.15) is 0 Å². The standard InChI is InChI=1S/C17H20O4/c1-11-7-13(8-12(2)21-11)19-10-16(18)15-9-20-17-6-4-3-5-14(15)17/h3-6,9,11-13H,7-8,10H2,1-2H3. The lowest BCUT2D eigenvalue weighted by Crippen LogP contribution is -2.35. The van der Waals surface area contributed by atoms with E-state index in [0.717, 1.165) is 23.8 Å². The van der Waals surface area contributed by atoms with E-state index in [1.165, 1.54) is 6.26 Å². The van der Waals surface area contributed by atoms with Gasteiger partial charge in [0.2, 0.25) is 0 Å². The Morgan fingerprint density at radius 1 is 1.24 bits per heavy atom. The summed E-state index contributed by atoms with van der Waals surface area (Å²) in [6, 6.07) is 7.54. The number of furan rings is 1. The van der Waals surface area contributed by atoms with E-state index in [1.54, 1.807) is 0 Å². The molecule has 112 valence electrons. The maximum atomic E-state index is 12.3. The molecule has 1 aliphatic heterocycles. The normalized spacial score (nSPS) is 26.1. The number of Topliss-reactive ketones (excluding diaryl/α,β-unsaturated/α-hetero) is 1. The first-order valence-electron chi connectivity index (χ1n) is 7.40. The van der Waals surface area contributed by atoms with Crippen molar-refractivity contribution in [3.8, 4) is 0 Å². The molecule has 1 aromatic heterocycles. The molecule has 1 saturated heterocycles. The molecule has 0 spiro atoms. The average molecular weight is 288 g/mol. The van der Waals surface area contributed by atoms with Crippen molar-refractivity contribution >= 4 is 16.8 Å². The van der Waals surface area contributed by atoms with E-state index in [2.05, 4.69) is 0 Å². The Balaban J connectivity index is 1.64. The van der Waals surface area contributed by atoms with Crippen LogP contribution in [0.15, 0.2) is 34.9 Å². The van der Waals surface area contributed by atoms with Crippen molar-refractivity contribution in [2.45, 2.75) is 45.0 Å². The fourth-order valence-corrected chi connectivity index (χ4v) is 2.95. The molecule has 2 unspecified atom stereocenters. The topological polar surface area (TPSA) is 48.7 Å². The third-order valence-electron chi connectivity index (χ3n) is 3.89. The van der Waals surface area contributed by atoms with Gasteiger partial charge in [-0.05, 0) is 32.8 Å². The molecule has 4 nitrogen and oxygen atoms in total. The molecule has 1 aromatic carbocycles. The SMILES string of the molecule is CC1CC(OCC(=O)c2coc3ccccc23)CC(C)O1. The number of para-hydroxylation sites is 1. The van der Waals surface area contributed by atoms with Crippen LogP contribution < -0.4 is 0 Å². The van der Waals surface area contributed by atoms with E-state index in [4.69, 9.17) is 13.9 Å². The Morgan fingerprint density at radius 3 is 2.71 bits per heavy atom. The lowest BCUT2D eigenvalue weighted by atomic mass is 10.0. The van der Waals surface area contributed by atoms with Crippen molar-refractivity contribution in [3.63, 3.8) is 0 Å². The molecule has 3 rings (SSSR count). The van der Waals surface area contributed by atoms with Crippen LogP contribution in [0.4, 0.5) is 0 Å². The van der Waals surface area contributed by atoms with Crippen LogP contribution in [0.2, 0.25) is 0 Å². The van der Waals surface area contributed by atoms with Crippen LogP contribution >= 0.6 is 0 Å². The van der Waals surface area contributed by atoms with E-state index < -0.39 is 0 Å². The maximum absolute atomic E-state index is 12.3. The lowest BCUT2D eigenvalue weighted by Gasteiger charge is -2.31. The van der Waals surface area contributed by atoms with Gasteiger partial charge in [-0.15, -0.1) is 0 Å². The monoisotopic (exact) mass is 288 g/mol. The molecule has 2 atom stereocenters. The number of carbonyl (C=O) groups is 1. The van der Waals surface area contributed by atoms with Crippen LogP contribution in [-0.2, 0) is 9.47 Å². The van der Waals surface area contributed by atoms with Crippen LogP contribution in [-0.4, -0.2) is 30.7 Å². The third kappa shape index (κ3) is 3.17. The van der Waals surface area contributed by atoms with Crippen LogP contribution in [0, 0.1) is 0 Å². The molecule has 0 N–H and O–H groups in total. The van der Waals surface area contributed by atoms with E-state index in [1.807, 2.05) is 38.1 Å². The van der Waals surface area contributed by atoms with E-state index >= 15 is 0 Å². The summed E-state index contributed by atoms with van der Waals surface area (Å²) >= 11 is 0. The molecule has 4 heteroatoms. The zero-order chi connectivity index (χ0) is 14.8. The summed E-state index contributed by atoms with van der Waals surface area (Å²) in [7, 11) is 0. The quantitative estimate of drug-likeness (QED) is 0.807. The van der Waals surface area contributed by atoms with Crippen molar-refractivity contribution in [3.05, 3.63) is 36.1 Å². The average Bonchev–Trinajstić information content (AvgIpc) is 2.88. The zero-order valence-corrected chi connectivity index (χ0v) is 12.4. The summed E-state index contributed by atoms with van der Waals surface area (Å²) < 4.78 is 16.9. The number of hydrogen-bond donors (Lipinski definition) is 0. The lowest BCUT2D eigenvalue weighted by molar-refractivity contribution is -0.0975. The smallest absolute Gasteiger partial charge is 0.192 e. The Labute approximate surface area is 124 Å². The van der Waals surface area contributed by atoms with Gasteiger partial charge in [0.05, 0.1) is 23.9 Å².